The van der Waals surface area contributed by atoms with Gasteiger partial charge < -0.3 is 5.32 Å². The van der Waals surface area contributed by atoms with Gasteiger partial charge in [0.15, 0.2) is 0 Å². The molecule has 0 fully saturated rings. The molecule has 0 aromatic carbocycles. The highest BCUT2D eigenvalue weighted by Gasteiger charge is 2.05. The number of hydrogen-bond donors (Lipinski definition) is 2. The molecule has 0 spiro atoms. The molecule has 1 unspecified atom stereocenters. The summed E-state index contributed by atoms with van der Waals surface area (Å²) in [5, 5.41) is 4.48. The Labute approximate surface area is 90.0 Å². The van der Waals surface area contributed by atoms with E-state index in [0.717, 1.165) is 0 Å². The van der Waals surface area contributed by atoms with E-state index in [9.17, 15) is 13.8 Å². The SMILES string of the molecule is CS(=O)CCNC(=O)NC(=O)CCCl. The molecule has 0 saturated heterocycles. The number of rotatable bonds is 5. The van der Waals surface area contributed by atoms with E-state index >= 15 is 0 Å². The zero-order chi connectivity index (χ0) is 11.0. The minimum absolute atomic E-state index is 0.106. The summed E-state index contributed by atoms with van der Waals surface area (Å²) in [7, 11) is -0.947. The van der Waals surface area contributed by atoms with Crippen molar-refractivity contribution in [3.05, 3.63) is 0 Å². The molecule has 0 radical (unpaired) electrons. The maximum atomic E-state index is 10.9. The molecule has 1 atom stereocenters. The lowest BCUT2D eigenvalue weighted by Crippen LogP contribution is -2.40. The van der Waals surface area contributed by atoms with Gasteiger partial charge >= 0.3 is 6.03 Å². The van der Waals surface area contributed by atoms with Crippen LogP contribution < -0.4 is 10.6 Å². The molecule has 0 bridgehead atoms. The van der Waals surface area contributed by atoms with Crippen LogP contribution in [0.2, 0.25) is 0 Å². The summed E-state index contributed by atoms with van der Waals surface area (Å²) >= 11 is 5.29. The van der Waals surface area contributed by atoms with Crippen molar-refractivity contribution in [2.24, 2.45) is 0 Å². The average molecular weight is 241 g/mol. The van der Waals surface area contributed by atoms with Crippen LogP contribution in [0.25, 0.3) is 0 Å². The molecule has 7 heteroatoms. The molecule has 5 nitrogen and oxygen atoms in total. The fourth-order valence-corrected chi connectivity index (χ4v) is 1.19. The van der Waals surface area contributed by atoms with Crippen molar-refractivity contribution in [2.45, 2.75) is 6.42 Å². The smallest absolute Gasteiger partial charge is 0.321 e. The molecule has 0 aromatic heterocycles. The second-order valence-corrected chi connectivity index (χ2v) is 4.45. The fraction of sp³-hybridized carbons (Fsp3) is 0.714. The number of carbonyl (C=O) groups is 2. The summed E-state index contributed by atoms with van der Waals surface area (Å²) < 4.78 is 10.6. The second kappa shape index (κ2) is 7.75. The van der Waals surface area contributed by atoms with Gasteiger partial charge in [0.2, 0.25) is 5.91 Å². The zero-order valence-electron chi connectivity index (χ0n) is 7.84. The van der Waals surface area contributed by atoms with Gasteiger partial charge in [-0.05, 0) is 0 Å². The van der Waals surface area contributed by atoms with Gasteiger partial charge in [-0.3, -0.25) is 14.3 Å². The number of alkyl halides is 1. The van der Waals surface area contributed by atoms with Gasteiger partial charge in [0.25, 0.3) is 0 Å². The Morgan fingerprint density at radius 2 is 2.07 bits per heavy atom. The summed E-state index contributed by atoms with van der Waals surface area (Å²) in [4.78, 5) is 21.8. The monoisotopic (exact) mass is 240 g/mol. The Morgan fingerprint density at radius 3 is 2.57 bits per heavy atom. The van der Waals surface area contributed by atoms with Crippen LogP contribution in [0.15, 0.2) is 0 Å². The van der Waals surface area contributed by atoms with Crippen LogP contribution in [0.4, 0.5) is 4.79 Å². The third kappa shape index (κ3) is 8.00. The number of imide groups is 1. The maximum absolute atomic E-state index is 10.9. The first-order chi connectivity index (χ1) is 6.56. The molecular weight excluding hydrogens is 228 g/mol. The molecule has 0 aliphatic rings. The average Bonchev–Trinajstić information content (AvgIpc) is 2.03. The lowest BCUT2D eigenvalue weighted by Gasteiger charge is -2.04. The number of halogens is 1. The van der Waals surface area contributed by atoms with Crippen LogP contribution in [-0.2, 0) is 15.6 Å². The summed E-state index contributed by atoms with van der Waals surface area (Å²) in [6, 6.07) is -0.578. The van der Waals surface area contributed by atoms with Crippen molar-refractivity contribution in [3.63, 3.8) is 0 Å². The van der Waals surface area contributed by atoms with E-state index in [2.05, 4.69) is 10.6 Å². The molecule has 14 heavy (non-hydrogen) atoms. The highest BCUT2D eigenvalue weighted by atomic mass is 35.5. The number of carbonyl (C=O) groups excluding carboxylic acids is 2. The van der Waals surface area contributed by atoms with Crippen molar-refractivity contribution < 1.29 is 13.8 Å². The quantitative estimate of drug-likeness (QED) is 0.655. The summed E-state index contributed by atoms with van der Waals surface area (Å²) in [6.07, 6.45) is 1.65. The molecule has 82 valence electrons. The van der Waals surface area contributed by atoms with Crippen LogP contribution in [0.1, 0.15) is 6.42 Å². The number of nitrogens with one attached hydrogen (secondary N) is 2. The molecule has 0 aromatic rings. The summed E-state index contributed by atoms with van der Waals surface area (Å²) in [6.45, 7) is 0.281. The van der Waals surface area contributed by atoms with E-state index in [1.54, 1.807) is 0 Å². The first-order valence-corrected chi connectivity index (χ1v) is 6.26. The Bertz CT molecular complexity index is 235. The second-order valence-electron chi connectivity index (χ2n) is 2.52. The Hall–Kier alpha value is -0.620. The molecule has 0 heterocycles. The predicted molar refractivity (Wildman–Crippen MR) is 55.8 cm³/mol. The van der Waals surface area contributed by atoms with Crippen LogP contribution in [0.3, 0.4) is 0 Å². The summed E-state index contributed by atoms with van der Waals surface area (Å²) in [5.74, 6) is 0.130. The first kappa shape index (κ1) is 13.4. The molecule has 0 aliphatic carbocycles. The minimum atomic E-state index is -0.947. The Morgan fingerprint density at radius 1 is 1.43 bits per heavy atom. The number of urea groups is 1. The predicted octanol–water partition coefficient (Wildman–Crippen LogP) is -0.180. The fourth-order valence-electron chi connectivity index (χ4n) is 0.627. The van der Waals surface area contributed by atoms with Crippen LogP contribution in [0.5, 0.6) is 0 Å². The van der Waals surface area contributed by atoms with Crippen LogP contribution >= 0.6 is 11.6 Å². The molecule has 0 aliphatic heterocycles. The highest BCUT2D eigenvalue weighted by Crippen LogP contribution is 1.83. The topological polar surface area (TPSA) is 75.3 Å². The van der Waals surface area contributed by atoms with Crippen molar-refractivity contribution in [1.82, 2.24) is 10.6 Å². The normalized spacial score (nSPS) is 11.9. The van der Waals surface area contributed by atoms with E-state index < -0.39 is 22.7 Å². The van der Waals surface area contributed by atoms with E-state index in [-0.39, 0.29) is 18.8 Å². The molecule has 0 rings (SSSR count). The first-order valence-electron chi connectivity index (χ1n) is 4.00. The van der Waals surface area contributed by atoms with Crippen molar-refractivity contribution in [2.75, 3.05) is 24.4 Å². The van der Waals surface area contributed by atoms with E-state index in [0.29, 0.717) is 5.75 Å². The minimum Gasteiger partial charge on any atom is -0.337 e. The highest BCUT2D eigenvalue weighted by molar-refractivity contribution is 7.84. The lowest BCUT2D eigenvalue weighted by molar-refractivity contribution is -0.119. The third-order valence-electron chi connectivity index (χ3n) is 1.25. The molecule has 3 amide bonds. The molecular formula is C7H13ClN2O3S. The maximum Gasteiger partial charge on any atom is 0.321 e. The Kier molecular flexibility index (Phi) is 7.41. The van der Waals surface area contributed by atoms with E-state index in [1.807, 2.05) is 0 Å². The van der Waals surface area contributed by atoms with Gasteiger partial charge in [-0.1, -0.05) is 0 Å². The van der Waals surface area contributed by atoms with E-state index in [4.69, 9.17) is 11.6 Å². The van der Waals surface area contributed by atoms with Crippen molar-refractivity contribution in [1.29, 1.82) is 0 Å². The van der Waals surface area contributed by atoms with Gasteiger partial charge in [-0.25, -0.2) is 4.79 Å². The summed E-state index contributed by atoms with van der Waals surface area (Å²) in [5.41, 5.74) is 0. The standard InChI is InChI=1S/C7H13ClN2O3S/c1-14(13)5-4-9-7(12)10-6(11)2-3-8/h2-5H2,1H3,(H2,9,10,11,12). The third-order valence-corrected chi connectivity index (χ3v) is 2.22. The van der Waals surface area contributed by atoms with Gasteiger partial charge in [0.1, 0.15) is 0 Å². The van der Waals surface area contributed by atoms with Crippen molar-refractivity contribution >= 4 is 34.3 Å². The lowest BCUT2D eigenvalue weighted by atomic mass is 10.4. The van der Waals surface area contributed by atoms with Crippen LogP contribution in [0, 0.1) is 0 Å². The van der Waals surface area contributed by atoms with Crippen molar-refractivity contribution in [3.8, 4) is 0 Å². The zero-order valence-corrected chi connectivity index (χ0v) is 9.41. The Balaban J connectivity index is 3.55. The largest absolute Gasteiger partial charge is 0.337 e. The van der Waals surface area contributed by atoms with Gasteiger partial charge in [-0.2, -0.15) is 0 Å². The number of amides is 3. The van der Waals surface area contributed by atoms with Gasteiger partial charge in [-0.15, -0.1) is 11.6 Å². The number of hydrogen-bond acceptors (Lipinski definition) is 3. The van der Waals surface area contributed by atoms with E-state index in [1.165, 1.54) is 6.26 Å². The molecule has 2 N–H and O–H groups in total. The van der Waals surface area contributed by atoms with Crippen LogP contribution in [-0.4, -0.2) is 40.6 Å². The van der Waals surface area contributed by atoms with Gasteiger partial charge in [0.05, 0.1) is 0 Å². The van der Waals surface area contributed by atoms with Gasteiger partial charge in [0, 0.05) is 41.7 Å². The molecule has 0 saturated carbocycles.